The normalized spacial score (nSPS) is 21.4. The largest absolute Gasteiger partial charge is 0.497 e. The molecule has 1 aliphatic heterocycles. The number of hydrogen-bond acceptors (Lipinski definition) is 4. The number of nitrogens with one attached hydrogen (secondary N) is 1. The quantitative estimate of drug-likeness (QED) is 0.856. The SMILES string of the molecule is COc1ccc(CN2C(=O)CC[C@H](O)[C@@H]2NC(=O)C(C)C)cc1. The van der Waals surface area contributed by atoms with Gasteiger partial charge in [-0.15, -0.1) is 0 Å². The third kappa shape index (κ3) is 4.22. The minimum atomic E-state index is -0.756. The Morgan fingerprint density at radius 3 is 2.61 bits per heavy atom. The predicted molar refractivity (Wildman–Crippen MR) is 85.6 cm³/mol. The lowest BCUT2D eigenvalue weighted by Crippen LogP contribution is -2.59. The first-order valence-corrected chi connectivity index (χ1v) is 7.83. The third-order valence-corrected chi connectivity index (χ3v) is 4.00. The minimum Gasteiger partial charge on any atom is -0.497 e. The van der Waals surface area contributed by atoms with Crippen molar-refractivity contribution in [1.29, 1.82) is 0 Å². The monoisotopic (exact) mass is 320 g/mol. The van der Waals surface area contributed by atoms with Crippen LogP contribution in [0, 0.1) is 5.92 Å². The number of methoxy groups -OCH3 is 1. The first-order valence-electron chi connectivity index (χ1n) is 7.83. The van der Waals surface area contributed by atoms with Crippen molar-refractivity contribution in [2.24, 2.45) is 5.92 Å². The van der Waals surface area contributed by atoms with Gasteiger partial charge in [0.15, 0.2) is 0 Å². The van der Waals surface area contributed by atoms with E-state index in [1.165, 1.54) is 4.90 Å². The second-order valence-corrected chi connectivity index (χ2v) is 6.08. The highest BCUT2D eigenvalue weighted by Crippen LogP contribution is 2.21. The van der Waals surface area contributed by atoms with E-state index < -0.39 is 12.3 Å². The molecule has 126 valence electrons. The maximum atomic E-state index is 12.3. The molecule has 0 aliphatic carbocycles. The van der Waals surface area contributed by atoms with Gasteiger partial charge in [-0.25, -0.2) is 0 Å². The Morgan fingerprint density at radius 1 is 1.39 bits per heavy atom. The van der Waals surface area contributed by atoms with Gasteiger partial charge in [0.05, 0.1) is 13.2 Å². The molecule has 0 unspecified atom stereocenters. The molecule has 2 amide bonds. The summed E-state index contributed by atoms with van der Waals surface area (Å²) in [6, 6.07) is 7.38. The molecule has 1 aliphatic rings. The highest BCUT2D eigenvalue weighted by molar-refractivity contribution is 5.81. The number of benzene rings is 1. The van der Waals surface area contributed by atoms with Crippen molar-refractivity contribution in [3.63, 3.8) is 0 Å². The van der Waals surface area contributed by atoms with Gasteiger partial charge >= 0.3 is 0 Å². The Bertz CT molecular complexity index is 556. The number of aliphatic hydroxyl groups is 1. The van der Waals surface area contributed by atoms with Crippen molar-refractivity contribution in [2.75, 3.05) is 7.11 Å². The fourth-order valence-corrected chi connectivity index (χ4v) is 2.54. The van der Waals surface area contributed by atoms with E-state index in [1.807, 2.05) is 24.3 Å². The predicted octanol–water partition coefficient (Wildman–Crippen LogP) is 1.28. The van der Waals surface area contributed by atoms with E-state index in [4.69, 9.17) is 4.74 Å². The van der Waals surface area contributed by atoms with Crippen LogP contribution in [0.2, 0.25) is 0 Å². The summed E-state index contributed by atoms with van der Waals surface area (Å²) in [5.74, 6) is 0.286. The van der Waals surface area contributed by atoms with Crippen LogP contribution in [0.25, 0.3) is 0 Å². The van der Waals surface area contributed by atoms with Crippen LogP contribution >= 0.6 is 0 Å². The maximum Gasteiger partial charge on any atom is 0.224 e. The molecule has 2 atom stereocenters. The van der Waals surface area contributed by atoms with Gasteiger partial charge in [0, 0.05) is 18.9 Å². The lowest BCUT2D eigenvalue weighted by Gasteiger charge is -2.39. The molecule has 0 saturated carbocycles. The molecule has 1 aromatic rings. The fourth-order valence-electron chi connectivity index (χ4n) is 2.54. The Balaban J connectivity index is 2.15. The van der Waals surface area contributed by atoms with E-state index in [1.54, 1.807) is 21.0 Å². The van der Waals surface area contributed by atoms with Crippen LogP contribution in [0.3, 0.4) is 0 Å². The second kappa shape index (κ2) is 7.46. The van der Waals surface area contributed by atoms with Crippen LogP contribution in [0.1, 0.15) is 32.3 Å². The molecule has 6 nitrogen and oxygen atoms in total. The lowest BCUT2D eigenvalue weighted by molar-refractivity contribution is -0.147. The van der Waals surface area contributed by atoms with Crippen LogP contribution in [-0.4, -0.2) is 41.2 Å². The summed E-state index contributed by atoms with van der Waals surface area (Å²) in [5, 5.41) is 13.0. The summed E-state index contributed by atoms with van der Waals surface area (Å²) in [6.07, 6.45) is -0.797. The average Bonchev–Trinajstić information content (AvgIpc) is 2.54. The molecule has 0 radical (unpaired) electrons. The van der Waals surface area contributed by atoms with Crippen LogP contribution in [0.15, 0.2) is 24.3 Å². The molecule has 2 N–H and O–H groups in total. The molecule has 1 fully saturated rings. The molecule has 23 heavy (non-hydrogen) atoms. The first kappa shape index (κ1) is 17.3. The number of likely N-dealkylation sites (tertiary alicyclic amines) is 1. The van der Waals surface area contributed by atoms with Crippen LogP contribution in [-0.2, 0) is 16.1 Å². The van der Waals surface area contributed by atoms with Gasteiger partial charge < -0.3 is 20.1 Å². The zero-order valence-corrected chi connectivity index (χ0v) is 13.8. The molecular weight excluding hydrogens is 296 g/mol. The summed E-state index contributed by atoms with van der Waals surface area (Å²) in [5.41, 5.74) is 0.914. The molecule has 6 heteroatoms. The standard InChI is InChI=1S/C17H24N2O4/c1-11(2)17(22)18-16-14(20)8-9-15(21)19(16)10-12-4-6-13(23-3)7-5-12/h4-7,11,14,16,20H,8-10H2,1-3H3,(H,18,22)/t14-,16+/m0/s1. The Hall–Kier alpha value is -2.08. The molecule has 0 aromatic heterocycles. The van der Waals surface area contributed by atoms with Crippen molar-refractivity contribution in [2.45, 2.75) is 45.5 Å². The van der Waals surface area contributed by atoms with Crippen LogP contribution in [0.5, 0.6) is 5.75 Å². The third-order valence-electron chi connectivity index (χ3n) is 4.00. The number of carbonyl (C=O) groups is 2. The van der Waals surface area contributed by atoms with Gasteiger partial charge in [-0.2, -0.15) is 0 Å². The van der Waals surface area contributed by atoms with E-state index in [0.29, 0.717) is 13.0 Å². The van der Waals surface area contributed by atoms with Gasteiger partial charge in [0.1, 0.15) is 11.9 Å². The van der Waals surface area contributed by atoms with E-state index in [-0.39, 0.29) is 24.2 Å². The van der Waals surface area contributed by atoms with E-state index in [0.717, 1.165) is 11.3 Å². The number of aliphatic hydroxyl groups excluding tert-OH is 1. The van der Waals surface area contributed by atoms with E-state index >= 15 is 0 Å². The van der Waals surface area contributed by atoms with Gasteiger partial charge in [-0.1, -0.05) is 26.0 Å². The topological polar surface area (TPSA) is 78.9 Å². The average molecular weight is 320 g/mol. The number of nitrogens with zero attached hydrogens (tertiary/aromatic N) is 1. The van der Waals surface area contributed by atoms with E-state index in [9.17, 15) is 14.7 Å². The number of carbonyl (C=O) groups excluding carboxylic acids is 2. The molecule has 2 rings (SSSR count). The van der Waals surface area contributed by atoms with Crippen LogP contribution < -0.4 is 10.1 Å². The zero-order chi connectivity index (χ0) is 17.0. The number of rotatable bonds is 5. The van der Waals surface area contributed by atoms with Crippen molar-refractivity contribution in [3.05, 3.63) is 29.8 Å². The van der Waals surface area contributed by atoms with Gasteiger partial charge in [0.2, 0.25) is 11.8 Å². The molecule has 1 aromatic carbocycles. The van der Waals surface area contributed by atoms with Crippen molar-refractivity contribution < 1.29 is 19.4 Å². The highest BCUT2D eigenvalue weighted by Gasteiger charge is 2.36. The smallest absolute Gasteiger partial charge is 0.224 e. The maximum absolute atomic E-state index is 12.3. The summed E-state index contributed by atoms with van der Waals surface area (Å²) in [6.45, 7) is 3.89. The second-order valence-electron chi connectivity index (χ2n) is 6.08. The summed E-state index contributed by atoms with van der Waals surface area (Å²) in [7, 11) is 1.59. The molecule has 1 saturated heterocycles. The molecular formula is C17H24N2O4. The Morgan fingerprint density at radius 2 is 2.04 bits per heavy atom. The molecule has 1 heterocycles. The number of amides is 2. The number of ether oxygens (including phenoxy) is 1. The summed E-state index contributed by atoms with van der Waals surface area (Å²) >= 11 is 0. The van der Waals surface area contributed by atoms with Gasteiger partial charge in [-0.05, 0) is 24.1 Å². The molecule has 0 spiro atoms. The molecule has 0 bridgehead atoms. The summed E-state index contributed by atoms with van der Waals surface area (Å²) < 4.78 is 5.12. The minimum absolute atomic E-state index is 0.0693. The summed E-state index contributed by atoms with van der Waals surface area (Å²) in [4.78, 5) is 25.8. The number of piperidine rings is 1. The highest BCUT2D eigenvalue weighted by atomic mass is 16.5. The Labute approximate surface area is 136 Å². The van der Waals surface area contributed by atoms with Crippen molar-refractivity contribution in [1.82, 2.24) is 10.2 Å². The Kier molecular flexibility index (Phi) is 5.60. The lowest BCUT2D eigenvalue weighted by atomic mass is 10.0. The van der Waals surface area contributed by atoms with Crippen LogP contribution in [0.4, 0.5) is 0 Å². The number of hydrogen-bond donors (Lipinski definition) is 2. The van der Waals surface area contributed by atoms with Gasteiger partial charge in [0.25, 0.3) is 0 Å². The first-order chi connectivity index (χ1) is 10.9. The zero-order valence-electron chi connectivity index (χ0n) is 13.8. The van der Waals surface area contributed by atoms with Gasteiger partial charge in [-0.3, -0.25) is 9.59 Å². The van der Waals surface area contributed by atoms with Crippen molar-refractivity contribution >= 4 is 11.8 Å². The van der Waals surface area contributed by atoms with E-state index in [2.05, 4.69) is 5.32 Å². The fraction of sp³-hybridized carbons (Fsp3) is 0.529. The van der Waals surface area contributed by atoms with Crippen molar-refractivity contribution in [3.8, 4) is 5.75 Å².